The lowest BCUT2D eigenvalue weighted by Crippen LogP contribution is -2.40. The summed E-state index contributed by atoms with van der Waals surface area (Å²) < 4.78 is 35.7. The van der Waals surface area contributed by atoms with Crippen molar-refractivity contribution in [3.63, 3.8) is 0 Å². The number of hydrogen-bond donors (Lipinski definition) is 1. The van der Waals surface area contributed by atoms with Gasteiger partial charge in [-0.3, -0.25) is 4.68 Å². The number of aryl methyl sites for hydroxylation is 2. The molecule has 0 aromatic carbocycles. The summed E-state index contributed by atoms with van der Waals surface area (Å²) in [6.07, 6.45) is 5.43. The SMILES string of the molecule is Cc1nn(C)c(C)c1S(=O)(=O)NC1CCC(Oc2nccnc2C#N)CC1. The van der Waals surface area contributed by atoms with Crippen LogP contribution in [0.2, 0.25) is 0 Å². The van der Waals surface area contributed by atoms with E-state index in [2.05, 4.69) is 19.8 Å². The van der Waals surface area contributed by atoms with Gasteiger partial charge in [0.15, 0.2) is 0 Å². The Kier molecular flexibility index (Phi) is 5.43. The Bertz CT molecular complexity index is 971. The van der Waals surface area contributed by atoms with Gasteiger partial charge in [0.2, 0.25) is 15.7 Å². The van der Waals surface area contributed by atoms with Gasteiger partial charge in [0.05, 0.1) is 11.4 Å². The molecule has 10 heteroatoms. The molecule has 2 heterocycles. The van der Waals surface area contributed by atoms with Gasteiger partial charge in [-0.2, -0.15) is 10.4 Å². The normalized spacial score (nSPS) is 20.2. The first-order valence-electron chi connectivity index (χ1n) is 8.72. The zero-order valence-electron chi connectivity index (χ0n) is 15.5. The Morgan fingerprint density at radius 3 is 2.48 bits per heavy atom. The number of nitrogens with zero attached hydrogens (tertiary/aromatic N) is 5. The molecule has 9 nitrogen and oxygen atoms in total. The smallest absolute Gasteiger partial charge is 0.251 e. The van der Waals surface area contributed by atoms with Crippen molar-refractivity contribution in [1.29, 1.82) is 5.26 Å². The van der Waals surface area contributed by atoms with Crippen molar-refractivity contribution < 1.29 is 13.2 Å². The van der Waals surface area contributed by atoms with Gasteiger partial charge >= 0.3 is 0 Å². The van der Waals surface area contributed by atoms with Crippen LogP contribution in [0.25, 0.3) is 0 Å². The maximum Gasteiger partial charge on any atom is 0.251 e. The summed E-state index contributed by atoms with van der Waals surface area (Å²) in [5.74, 6) is 0.227. The molecule has 0 atom stereocenters. The Balaban J connectivity index is 1.62. The first-order chi connectivity index (χ1) is 12.8. The number of sulfonamides is 1. The highest BCUT2D eigenvalue weighted by atomic mass is 32.2. The van der Waals surface area contributed by atoms with Gasteiger partial charge in [-0.05, 0) is 39.5 Å². The summed E-state index contributed by atoms with van der Waals surface area (Å²) in [5, 5.41) is 13.2. The largest absolute Gasteiger partial charge is 0.472 e. The second-order valence-corrected chi connectivity index (χ2v) is 8.31. The first-order valence-corrected chi connectivity index (χ1v) is 10.2. The van der Waals surface area contributed by atoms with Crippen LogP contribution in [0.1, 0.15) is 42.8 Å². The molecule has 0 bridgehead atoms. The fourth-order valence-corrected chi connectivity index (χ4v) is 5.11. The average molecular weight is 390 g/mol. The van der Waals surface area contributed by atoms with Crippen molar-refractivity contribution in [2.45, 2.75) is 56.6 Å². The number of ether oxygens (including phenoxy) is 1. The summed E-state index contributed by atoms with van der Waals surface area (Å²) in [4.78, 5) is 8.24. The van der Waals surface area contributed by atoms with Crippen LogP contribution in [0.3, 0.4) is 0 Å². The van der Waals surface area contributed by atoms with Crippen molar-refractivity contribution in [2.24, 2.45) is 7.05 Å². The molecule has 0 saturated heterocycles. The molecule has 2 aromatic heterocycles. The molecule has 1 N–H and O–H groups in total. The molecule has 144 valence electrons. The minimum atomic E-state index is -3.63. The van der Waals surface area contributed by atoms with E-state index in [9.17, 15) is 8.42 Å². The number of nitrogens with one attached hydrogen (secondary N) is 1. The number of hydrogen-bond acceptors (Lipinski definition) is 7. The molecule has 0 amide bonds. The molecular weight excluding hydrogens is 368 g/mol. The summed E-state index contributed by atoms with van der Waals surface area (Å²) in [7, 11) is -1.90. The van der Waals surface area contributed by atoms with Gasteiger partial charge < -0.3 is 4.74 Å². The third-order valence-corrected chi connectivity index (χ3v) is 6.53. The van der Waals surface area contributed by atoms with Gasteiger partial charge in [0.25, 0.3) is 5.88 Å². The fourth-order valence-electron chi connectivity index (χ4n) is 3.37. The van der Waals surface area contributed by atoms with Gasteiger partial charge in [-0.1, -0.05) is 0 Å². The Labute approximate surface area is 158 Å². The van der Waals surface area contributed by atoms with Crippen molar-refractivity contribution in [2.75, 3.05) is 0 Å². The Morgan fingerprint density at radius 2 is 1.89 bits per heavy atom. The van der Waals surface area contributed by atoms with Crippen LogP contribution < -0.4 is 9.46 Å². The quantitative estimate of drug-likeness (QED) is 0.818. The molecule has 1 saturated carbocycles. The van der Waals surface area contributed by atoms with E-state index in [1.165, 1.54) is 12.4 Å². The monoisotopic (exact) mass is 390 g/mol. The molecule has 2 aromatic rings. The molecule has 0 radical (unpaired) electrons. The molecule has 1 aliphatic rings. The highest BCUT2D eigenvalue weighted by Crippen LogP contribution is 2.26. The molecular formula is C17H22N6O3S. The minimum Gasteiger partial charge on any atom is -0.472 e. The molecule has 0 unspecified atom stereocenters. The second-order valence-electron chi connectivity index (χ2n) is 6.66. The van der Waals surface area contributed by atoms with E-state index in [1.807, 2.05) is 6.07 Å². The van der Waals surface area contributed by atoms with E-state index < -0.39 is 10.0 Å². The standard InChI is InChI=1S/C17H22N6O3S/c1-11-16(12(2)23(3)21-11)27(24,25)22-13-4-6-14(7-5-13)26-17-15(10-18)19-8-9-20-17/h8-9,13-14,22H,4-7H2,1-3H3. The van der Waals surface area contributed by atoms with Crippen LogP contribution in [-0.2, 0) is 17.1 Å². The predicted octanol–water partition coefficient (Wildman–Crippen LogP) is 1.37. The zero-order valence-corrected chi connectivity index (χ0v) is 16.3. The van der Waals surface area contributed by atoms with E-state index in [0.29, 0.717) is 37.1 Å². The van der Waals surface area contributed by atoms with Crippen LogP contribution in [-0.4, -0.2) is 40.3 Å². The number of rotatable bonds is 5. The lowest BCUT2D eigenvalue weighted by Gasteiger charge is -2.29. The van der Waals surface area contributed by atoms with Crippen molar-refractivity contribution >= 4 is 10.0 Å². The molecule has 0 aliphatic heterocycles. The summed E-state index contributed by atoms with van der Waals surface area (Å²) in [5.41, 5.74) is 1.26. The van der Waals surface area contributed by atoms with E-state index in [-0.39, 0.29) is 28.6 Å². The highest BCUT2D eigenvalue weighted by molar-refractivity contribution is 7.89. The zero-order chi connectivity index (χ0) is 19.6. The van der Waals surface area contributed by atoms with Crippen molar-refractivity contribution in [1.82, 2.24) is 24.5 Å². The Morgan fingerprint density at radius 1 is 1.22 bits per heavy atom. The predicted molar refractivity (Wildman–Crippen MR) is 96.4 cm³/mol. The third-order valence-electron chi connectivity index (χ3n) is 4.76. The maximum atomic E-state index is 12.8. The topological polar surface area (TPSA) is 123 Å². The van der Waals surface area contributed by atoms with Crippen LogP contribution in [0.5, 0.6) is 5.88 Å². The van der Waals surface area contributed by atoms with Gasteiger partial charge in [0, 0.05) is 25.5 Å². The van der Waals surface area contributed by atoms with E-state index in [0.717, 1.165) is 0 Å². The maximum absolute atomic E-state index is 12.8. The van der Waals surface area contributed by atoms with E-state index in [4.69, 9.17) is 10.00 Å². The lowest BCUT2D eigenvalue weighted by molar-refractivity contribution is 0.137. The van der Waals surface area contributed by atoms with Gasteiger partial charge in [0.1, 0.15) is 17.1 Å². The summed E-state index contributed by atoms with van der Waals surface area (Å²) >= 11 is 0. The molecule has 3 rings (SSSR count). The second kappa shape index (κ2) is 7.62. The van der Waals surface area contributed by atoms with Crippen LogP contribution in [0, 0.1) is 25.2 Å². The van der Waals surface area contributed by atoms with E-state index >= 15 is 0 Å². The van der Waals surface area contributed by atoms with Crippen LogP contribution in [0.4, 0.5) is 0 Å². The minimum absolute atomic E-state index is 0.114. The first kappa shape index (κ1) is 19.3. The molecule has 1 aliphatic carbocycles. The highest BCUT2D eigenvalue weighted by Gasteiger charge is 2.30. The number of aromatic nitrogens is 4. The molecule has 0 spiro atoms. The average Bonchev–Trinajstić information content (AvgIpc) is 2.89. The van der Waals surface area contributed by atoms with Crippen molar-refractivity contribution in [3.05, 3.63) is 29.5 Å². The summed E-state index contributed by atoms with van der Waals surface area (Å²) in [6, 6.07) is 1.80. The van der Waals surface area contributed by atoms with Gasteiger partial charge in [-0.15, -0.1) is 0 Å². The van der Waals surface area contributed by atoms with Crippen molar-refractivity contribution in [3.8, 4) is 11.9 Å². The lowest BCUT2D eigenvalue weighted by atomic mass is 9.94. The third kappa shape index (κ3) is 4.09. The fraction of sp³-hybridized carbons (Fsp3) is 0.529. The van der Waals surface area contributed by atoms with Crippen LogP contribution in [0.15, 0.2) is 17.3 Å². The Hall–Kier alpha value is -2.51. The molecule has 1 fully saturated rings. The number of nitriles is 1. The van der Waals surface area contributed by atoms with Crippen LogP contribution >= 0.6 is 0 Å². The van der Waals surface area contributed by atoms with E-state index in [1.54, 1.807) is 25.6 Å². The van der Waals surface area contributed by atoms with Gasteiger partial charge in [-0.25, -0.2) is 23.1 Å². The summed E-state index contributed by atoms with van der Waals surface area (Å²) in [6.45, 7) is 3.44. The molecule has 27 heavy (non-hydrogen) atoms.